The van der Waals surface area contributed by atoms with E-state index in [1.54, 1.807) is 16.8 Å². The number of hydrogen-bond donors (Lipinski definition) is 1. The van der Waals surface area contributed by atoms with Crippen LogP contribution in [0.3, 0.4) is 0 Å². The lowest BCUT2D eigenvalue weighted by molar-refractivity contribution is 0.624. The molecule has 3 aromatic heterocycles. The van der Waals surface area contributed by atoms with E-state index in [0.717, 1.165) is 39.0 Å². The highest BCUT2D eigenvalue weighted by Crippen LogP contribution is 2.30. The predicted molar refractivity (Wildman–Crippen MR) is 113 cm³/mol. The molecular weight excluding hydrogens is 365 g/mol. The van der Waals surface area contributed by atoms with E-state index in [9.17, 15) is 4.39 Å². The van der Waals surface area contributed by atoms with Crippen molar-refractivity contribution in [3.05, 3.63) is 90.3 Å². The lowest BCUT2D eigenvalue weighted by atomic mass is 9.98. The molecule has 29 heavy (non-hydrogen) atoms. The number of pyridine rings is 1. The molecule has 0 aliphatic carbocycles. The Morgan fingerprint density at radius 3 is 2.86 bits per heavy atom. The second kappa shape index (κ2) is 6.67. The largest absolute Gasteiger partial charge is 0.345 e. The van der Waals surface area contributed by atoms with Gasteiger partial charge in [-0.15, -0.1) is 0 Å². The Morgan fingerprint density at radius 2 is 2.07 bits per heavy atom. The molecule has 6 heteroatoms. The number of allylic oxidation sites excluding steroid dienone is 1. The molecule has 4 aromatic rings. The molecule has 5 rings (SSSR count). The third-order valence-corrected chi connectivity index (χ3v) is 5.16. The number of nitrogens with zero attached hydrogens (tertiary/aromatic N) is 4. The van der Waals surface area contributed by atoms with Crippen molar-refractivity contribution in [2.24, 2.45) is 12.0 Å². The highest BCUT2D eigenvalue weighted by Gasteiger charge is 2.18. The molecule has 0 amide bonds. The number of aromatic amines is 1. The average molecular weight is 383 g/mol. The minimum Gasteiger partial charge on any atom is -0.345 e. The summed E-state index contributed by atoms with van der Waals surface area (Å²) in [4.78, 5) is 12.4. The molecule has 1 N–H and O–H groups in total. The standard InChI is InChI=1S/C23H18FN5/c1-14(18-5-3-4-6-21(18)24)15-8-22(25-9-15)20-12-27-23-19(20)7-16(10-26-23)17-11-28-29(2)13-17/h3-8,10-13H,1,9H2,2H3,(H,26,27). The third-order valence-electron chi connectivity index (χ3n) is 5.16. The summed E-state index contributed by atoms with van der Waals surface area (Å²) >= 11 is 0. The molecule has 1 aliphatic rings. The van der Waals surface area contributed by atoms with Crippen LogP contribution in [0.1, 0.15) is 11.1 Å². The van der Waals surface area contributed by atoms with Gasteiger partial charge < -0.3 is 4.98 Å². The Bertz CT molecular complexity index is 1320. The van der Waals surface area contributed by atoms with Gasteiger partial charge in [-0.2, -0.15) is 5.10 Å². The van der Waals surface area contributed by atoms with E-state index in [1.807, 2.05) is 44.0 Å². The second-order valence-electron chi connectivity index (χ2n) is 7.05. The van der Waals surface area contributed by atoms with Crippen LogP contribution in [-0.4, -0.2) is 32.0 Å². The Hall–Kier alpha value is -3.80. The fourth-order valence-electron chi connectivity index (χ4n) is 3.59. The Kier molecular flexibility index (Phi) is 3.98. The number of aromatic nitrogens is 4. The number of aryl methyl sites for hydroxylation is 1. The number of fused-ring (bicyclic) bond motifs is 1. The minimum absolute atomic E-state index is 0.274. The van der Waals surface area contributed by atoms with Crippen LogP contribution in [0.25, 0.3) is 27.7 Å². The molecule has 0 bridgehead atoms. The zero-order valence-corrected chi connectivity index (χ0v) is 15.9. The molecule has 1 aromatic carbocycles. The summed E-state index contributed by atoms with van der Waals surface area (Å²) in [7, 11) is 1.89. The molecule has 0 saturated heterocycles. The number of halogens is 1. The van der Waals surface area contributed by atoms with Crippen LogP contribution in [0.4, 0.5) is 4.39 Å². The van der Waals surface area contributed by atoms with Crippen LogP contribution in [0.2, 0.25) is 0 Å². The predicted octanol–water partition coefficient (Wildman–Crippen LogP) is 4.55. The number of H-pyrrole nitrogens is 1. The van der Waals surface area contributed by atoms with Crippen molar-refractivity contribution < 1.29 is 4.39 Å². The van der Waals surface area contributed by atoms with Gasteiger partial charge in [-0.1, -0.05) is 24.8 Å². The van der Waals surface area contributed by atoms with Crippen molar-refractivity contribution in [2.75, 3.05) is 6.54 Å². The fraction of sp³-hybridized carbons (Fsp3) is 0.0870. The monoisotopic (exact) mass is 383 g/mol. The molecular formula is C23H18FN5. The Balaban J connectivity index is 1.51. The van der Waals surface area contributed by atoms with E-state index in [-0.39, 0.29) is 5.82 Å². The molecule has 142 valence electrons. The van der Waals surface area contributed by atoms with Crippen molar-refractivity contribution in [1.82, 2.24) is 19.7 Å². The van der Waals surface area contributed by atoms with Crippen LogP contribution < -0.4 is 0 Å². The molecule has 0 saturated carbocycles. The number of hydrogen-bond acceptors (Lipinski definition) is 3. The van der Waals surface area contributed by atoms with Crippen molar-refractivity contribution in [3.63, 3.8) is 0 Å². The normalized spacial score (nSPS) is 13.6. The van der Waals surface area contributed by atoms with Crippen LogP contribution in [-0.2, 0) is 7.05 Å². The fourth-order valence-corrected chi connectivity index (χ4v) is 3.59. The van der Waals surface area contributed by atoms with Crippen molar-refractivity contribution >= 4 is 22.3 Å². The quantitative estimate of drug-likeness (QED) is 0.562. The summed E-state index contributed by atoms with van der Waals surface area (Å²) in [6.45, 7) is 4.57. The second-order valence-corrected chi connectivity index (χ2v) is 7.05. The first kappa shape index (κ1) is 17.3. The van der Waals surface area contributed by atoms with Crippen molar-refractivity contribution in [2.45, 2.75) is 0 Å². The molecule has 0 atom stereocenters. The molecule has 4 heterocycles. The summed E-state index contributed by atoms with van der Waals surface area (Å²) in [5.74, 6) is -0.274. The molecule has 5 nitrogen and oxygen atoms in total. The van der Waals surface area contributed by atoms with Crippen molar-refractivity contribution in [3.8, 4) is 11.1 Å². The van der Waals surface area contributed by atoms with E-state index in [4.69, 9.17) is 0 Å². The van der Waals surface area contributed by atoms with Crippen LogP contribution >= 0.6 is 0 Å². The smallest absolute Gasteiger partial charge is 0.137 e. The number of benzene rings is 1. The Labute approximate surface area is 166 Å². The van der Waals surface area contributed by atoms with Crippen LogP contribution in [0.5, 0.6) is 0 Å². The lowest BCUT2D eigenvalue weighted by Crippen LogP contribution is -1.94. The van der Waals surface area contributed by atoms with Gasteiger partial charge in [0.15, 0.2) is 0 Å². The van der Waals surface area contributed by atoms with E-state index in [1.165, 1.54) is 6.07 Å². The molecule has 1 aliphatic heterocycles. The van der Waals surface area contributed by atoms with Crippen LogP contribution in [0, 0.1) is 5.82 Å². The van der Waals surface area contributed by atoms with Gasteiger partial charge >= 0.3 is 0 Å². The van der Waals surface area contributed by atoms with E-state index < -0.39 is 0 Å². The maximum Gasteiger partial charge on any atom is 0.137 e. The number of rotatable bonds is 4. The van der Waals surface area contributed by atoms with Gasteiger partial charge in [0, 0.05) is 53.3 Å². The first-order valence-corrected chi connectivity index (χ1v) is 9.26. The van der Waals surface area contributed by atoms with Gasteiger partial charge in [-0.3, -0.25) is 9.67 Å². The summed E-state index contributed by atoms with van der Waals surface area (Å²) in [6, 6.07) is 8.77. The first-order chi connectivity index (χ1) is 14.1. The van der Waals surface area contributed by atoms with Gasteiger partial charge in [0.1, 0.15) is 11.5 Å². The highest BCUT2D eigenvalue weighted by molar-refractivity contribution is 6.18. The molecule has 0 spiro atoms. The zero-order valence-electron chi connectivity index (χ0n) is 15.9. The van der Waals surface area contributed by atoms with Gasteiger partial charge in [0.2, 0.25) is 0 Å². The Morgan fingerprint density at radius 1 is 1.21 bits per heavy atom. The molecule has 0 unspecified atom stereocenters. The topological polar surface area (TPSA) is 58.9 Å². The zero-order chi connectivity index (χ0) is 20.0. The van der Waals surface area contributed by atoms with Gasteiger partial charge in [-0.25, -0.2) is 9.37 Å². The molecule has 0 fully saturated rings. The number of aliphatic imine (C=N–C) groups is 1. The third kappa shape index (κ3) is 2.99. The maximum absolute atomic E-state index is 14.1. The van der Waals surface area contributed by atoms with Gasteiger partial charge in [-0.05, 0) is 29.4 Å². The van der Waals surface area contributed by atoms with Crippen LogP contribution in [0.15, 0.2) is 78.3 Å². The minimum atomic E-state index is -0.274. The maximum atomic E-state index is 14.1. The summed E-state index contributed by atoms with van der Waals surface area (Å²) in [5.41, 5.74) is 6.69. The van der Waals surface area contributed by atoms with E-state index in [2.05, 4.69) is 32.7 Å². The highest BCUT2D eigenvalue weighted by atomic mass is 19.1. The summed E-state index contributed by atoms with van der Waals surface area (Å²) in [5, 5.41) is 5.22. The SMILES string of the molecule is C=C(C1=CC(c2c[nH]c3ncc(-c4cnn(C)c4)cc23)=NC1)c1ccccc1F. The summed E-state index contributed by atoms with van der Waals surface area (Å²) < 4.78 is 15.9. The number of nitrogens with one attached hydrogen (secondary N) is 1. The summed E-state index contributed by atoms with van der Waals surface area (Å²) in [6.07, 6.45) is 9.50. The lowest BCUT2D eigenvalue weighted by Gasteiger charge is -2.07. The first-order valence-electron chi connectivity index (χ1n) is 9.26. The van der Waals surface area contributed by atoms with E-state index >= 15 is 0 Å². The van der Waals surface area contributed by atoms with Crippen molar-refractivity contribution in [1.29, 1.82) is 0 Å². The van der Waals surface area contributed by atoms with Gasteiger partial charge in [0.05, 0.1) is 18.5 Å². The molecule has 0 radical (unpaired) electrons. The van der Waals surface area contributed by atoms with E-state index in [0.29, 0.717) is 17.7 Å². The average Bonchev–Trinajstić information content (AvgIpc) is 3.46. The van der Waals surface area contributed by atoms with Gasteiger partial charge in [0.25, 0.3) is 0 Å².